The van der Waals surface area contributed by atoms with Gasteiger partial charge in [0.25, 0.3) is 0 Å². The van der Waals surface area contributed by atoms with Crippen LogP contribution >= 0.6 is 0 Å². The van der Waals surface area contributed by atoms with Gasteiger partial charge in [0.2, 0.25) is 0 Å². The van der Waals surface area contributed by atoms with E-state index < -0.39 is 5.97 Å². The van der Waals surface area contributed by atoms with Crippen LogP contribution in [-0.2, 0) is 16.0 Å². The standard InChI is InChI=1S/C12H18N2O3/c1-8-11(3-4-12(15)16)9(2)14(13-8)10-5-6-17-7-10/h10H,3-7H2,1-2H3,(H,15,16). The summed E-state index contributed by atoms with van der Waals surface area (Å²) >= 11 is 0. The summed E-state index contributed by atoms with van der Waals surface area (Å²) in [4.78, 5) is 10.6. The number of carbonyl (C=O) groups is 1. The van der Waals surface area contributed by atoms with Crippen molar-refractivity contribution in [3.63, 3.8) is 0 Å². The van der Waals surface area contributed by atoms with E-state index in [-0.39, 0.29) is 6.42 Å². The molecule has 1 aromatic rings. The fourth-order valence-electron chi connectivity index (χ4n) is 2.36. The minimum Gasteiger partial charge on any atom is -0.481 e. The second-order valence-corrected chi connectivity index (χ2v) is 4.51. The number of carboxylic acid groups (broad SMARTS) is 1. The third kappa shape index (κ3) is 2.49. The van der Waals surface area contributed by atoms with E-state index in [9.17, 15) is 4.79 Å². The Balaban J connectivity index is 2.18. The van der Waals surface area contributed by atoms with E-state index in [0.717, 1.165) is 30.0 Å². The molecule has 5 nitrogen and oxygen atoms in total. The van der Waals surface area contributed by atoms with Crippen molar-refractivity contribution in [3.05, 3.63) is 17.0 Å². The van der Waals surface area contributed by atoms with E-state index in [2.05, 4.69) is 5.10 Å². The van der Waals surface area contributed by atoms with Crippen LogP contribution < -0.4 is 0 Å². The summed E-state index contributed by atoms with van der Waals surface area (Å²) in [6.07, 6.45) is 1.70. The molecule has 2 rings (SSSR count). The molecule has 0 bridgehead atoms. The normalized spacial score (nSPS) is 19.8. The third-order valence-corrected chi connectivity index (χ3v) is 3.32. The zero-order chi connectivity index (χ0) is 12.4. The lowest BCUT2D eigenvalue weighted by atomic mass is 10.1. The van der Waals surface area contributed by atoms with Crippen molar-refractivity contribution in [2.24, 2.45) is 0 Å². The molecule has 0 spiro atoms. The number of ether oxygens (including phenoxy) is 1. The van der Waals surface area contributed by atoms with E-state index in [0.29, 0.717) is 19.1 Å². The van der Waals surface area contributed by atoms with Gasteiger partial charge in [-0.25, -0.2) is 0 Å². The van der Waals surface area contributed by atoms with Gasteiger partial charge in [0.1, 0.15) is 0 Å². The van der Waals surface area contributed by atoms with Crippen LogP contribution in [-0.4, -0.2) is 34.1 Å². The second-order valence-electron chi connectivity index (χ2n) is 4.51. The Morgan fingerprint density at radius 1 is 1.59 bits per heavy atom. The van der Waals surface area contributed by atoms with Crippen molar-refractivity contribution in [1.29, 1.82) is 0 Å². The summed E-state index contributed by atoms with van der Waals surface area (Å²) < 4.78 is 7.36. The molecule has 1 aromatic heterocycles. The number of carboxylic acids is 1. The SMILES string of the molecule is Cc1nn(C2CCOC2)c(C)c1CCC(=O)O. The summed E-state index contributed by atoms with van der Waals surface area (Å²) in [6, 6.07) is 0.312. The Morgan fingerprint density at radius 2 is 2.35 bits per heavy atom. The average Bonchev–Trinajstić information content (AvgIpc) is 2.85. The van der Waals surface area contributed by atoms with Gasteiger partial charge in [-0.3, -0.25) is 9.48 Å². The van der Waals surface area contributed by atoms with E-state index in [4.69, 9.17) is 9.84 Å². The topological polar surface area (TPSA) is 64.4 Å². The Labute approximate surface area is 100 Å². The van der Waals surface area contributed by atoms with Crippen LogP contribution in [0.15, 0.2) is 0 Å². The van der Waals surface area contributed by atoms with Crippen LogP contribution in [0.5, 0.6) is 0 Å². The highest BCUT2D eigenvalue weighted by atomic mass is 16.5. The van der Waals surface area contributed by atoms with Crippen molar-refractivity contribution in [3.8, 4) is 0 Å². The summed E-state index contributed by atoms with van der Waals surface area (Å²) in [5.41, 5.74) is 3.09. The van der Waals surface area contributed by atoms with Gasteiger partial charge in [-0.2, -0.15) is 5.10 Å². The Hall–Kier alpha value is -1.36. The highest BCUT2D eigenvalue weighted by Gasteiger charge is 2.22. The zero-order valence-corrected chi connectivity index (χ0v) is 10.3. The largest absolute Gasteiger partial charge is 0.481 e. The van der Waals surface area contributed by atoms with Crippen LogP contribution in [0.4, 0.5) is 0 Å². The molecule has 1 saturated heterocycles. The molecule has 1 unspecified atom stereocenters. The first-order valence-electron chi connectivity index (χ1n) is 5.93. The molecule has 5 heteroatoms. The number of aryl methyl sites for hydroxylation is 1. The van der Waals surface area contributed by atoms with Gasteiger partial charge >= 0.3 is 5.97 Å². The molecule has 1 fully saturated rings. The maximum atomic E-state index is 10.6. The molecule has 1 N–H and O–H groups in total. The number of rotatable bonds is 4. The average molecular weight is 238 g/mol. The Bertz CT molecular complexity index is 420. The number of aromatic nitrogens is 2. The van der Waals surface area contributed by atoms with E-state index in [1.807, 2.05) is 18.5 Å². The second kappa shape index (κ2) is 4.87. The smallest absolute Gasteiger partial charge is 0.303 e. The van der Waals surface area contributed by atoms with E-state index >= 15 is 0 Å². The minimum atomic E-state index is -0.763. The van der Waals surface area contributed by atoms with Crippen LogP contribution in [0.1, 0.15) is 35.8 Å². The van der Waals surface area contributed by atoms with Gasteiger partial charge in [0.05, 0.1) is 18.3 Å². The molecule has 0 aliphatic carbocycles. The molecule has 0 saturated carbocycles. The van der Waals surface area contributed by atoms with Gasteiger partial charge in [-0.05, 0) is 32.3 Å². The fourth-order valence-corrected chi connectivity index (χ4v) is 2.36. The van der Waals surface area contributed by atoms with E-state index in [1.165, 1.54) is 0 Å². The maximum Gasteiger partial charge on any atom is 0.303 e. The maximum absolute atomic E-state index is 10.6. The molecule has 0 amide bonds. The van der Waals surface area contributed by atoms with Crippen molar-refractivity contribution in [2.75, 3.05) is 13.2 Å². The van der Waals surface area contributed by atoms with Crippen molar-refractivity contribution < 1.29 is 14.6 Å². The Morgan fingerprint density at radius 3 is 2.94 bits per heavy atom. The summed E-state index contributed by atoms with van der Waals surface area (Å²) in [5.74, 6) is -0.763. The van der Waals surface area contributed by atoms with Gasteiger partial charge in [-0.1, -0.05) is 0 Å². The van der Waals surface area contributed by atoms with Gasteiger partial charge < -0.3 is 9.84 Å². The monoisotopic (exact) mass is 238 g/mol. The zero-order valence-electron chi connectivity index (χ0n) is 10.3. The predicted octanol–water partition coefficient (Wildman–Crippen LogP) is 1.48. The lowest BCUT2D eigenvalue weighted by Crippen LogP contribution is -2.12. The molecule has 94 valence electrons. The van der Waals surface area contributed by atoms with Crippen LogP contribution in [0.25, 0.3) is 0 Å². The molecule has 2 heterocycles. The fraction of sp³-hybridized carbons (Fsp3) is 0.667. The summed E-state index contributed by atoms with van der Waals surface area (Å²) in [7, 11) is 0. The van der Waals surface area contributed by atoms with Crippen LogP contribution in [0.2, 0.25) is 0 Å². The first-order valence-corrected chi connectivity index (χ1v) is 5.93. The lowest BCUT2D eigenvalue weighted by molar-refractivity contribution is -0.136. The summed E-state index contributed by atoms with van der Waals surface area (Å²) in [5, 5.41) is 13.2. The molecule has 1 aliphatic heterocycles. The molecular formula is C12H18N2O3. The number of aliphatic carboxylic acids is 1. The summed E-state index contributed by atoms with van der Waals surface area (Å²) in [6.45, 7) is 5.44. The quantitative estimate of drug-likeness (QED) is 0.863. The molecule has 1 aliphatic rings. The predicted molar refractivity (Wildman–Crippen MR) is 62.1 cm³/mol. The van der Waals surface area contributed by atoms with Crippen LogP contribution in [0, 0.1) is 13.8 Å². The minimum absolute atomic E-state index is 0.161. The lowest BCUT2D eigenvalue weighted by Gasteiger charge is -2.11. The van der Waals surface area contributed by atoms with Gasteiger partial charge in [0.15, 0.2) is 0 Å². The molecule has 1 atom stereocenters. The molecule has 17 heavy (non-hydrogen) atoms. The number of hydrogen-bond donors (Lipinski definition) is 1. The highest BCUT2D eigenvalue weighted by Crippen LogP contribution is 2.24. The van der Waals surface area contributed by atoms with Crippen molar-refractivity contribution >= 4 is 5.97 Å². The van der Waals surface area contributed by atoms with Gasteiger partial charge in [0, 0.05) is 18.7 Å². The van der Waals surface area contributed by atoms with Crippen molar-refractivity contribution in [2.45, 2.75) is 39.2 Å². The molecule has 0 radical (unpaired) electrons. The number of hydrogen-bond acceptors (Lipinski definition) is 3. The third-order valence-electron chi connectivity index (χ3n) is 3.32. The van der Waals surface area contributed by atoms with Gasteiger partial charge in [-0.15, -0.1) is 0 Å². The number of nitrogens with zero attached hydrogens (tertiary/aromatic N) is 2. The van der Waals surface area contributed by atoms with E-state index in [1.54, 1.807) is 0 Å². The highest BCUT2D eigenvalue weighted by molar-refractivity contribution is 5.67. The molecule has 0 aromatic carbocycles. The Kier molecular flexibility index (Phi) is 3.47. The molecular weight excluding hydrogens is 220 g/mol. The first-order chi connectivity index (χ1) is 8.09. The van der Waals surface area contributed by atoms with Crippen LogP contribution in [0.3, 0.4) is 0 Å². The van der Waals surface area contributed by atoms with Crippen molar-refractivity contribution in [1.82, 2.24) is 9.78 Å². The first kappa shape index (κ1) is 12.1.